The summed E-state index contributed by atoms with van der Waals surface area (Å²) in [5.41, 5.74) is 0.896. The number of carbonyl (C=O) groups is 1. The summed E-state index contributed by atoms with van der Waals surface area (Å²) >= 11 is 0. The number of hydrogen-bond acceptors (Lipinski definition) is 6. The van der Waals surface area contributed by atoms with Crippen LogP contribution in [0.4, 0.5) is 0 Å². The fourth-order valence-corrected chi connectivity index (χ4v) is 2.63. The van der Waals surface area contributed by atoms with Crippen LogP contribution in [0.1, 0.15) is 12.5 Å². The van der Waals surface area contributed by atoms with Crippen molar-refractivity contribution in [2.75, 3.05) is 0 Å². The van der Waals surface area contributed by atoms with E-state index in [2.05, 4.69) is 4.84 Å². The fourth-order valence-electron chi connectivity index (χ4n) is 1.37. The highest BCUT2D eigenvalue weighted by Gasteiger charge is 2.30. The Balaban J connectivity index is 3.00. The first-order chi connectivity index (χ1) is 8.77. The summed E-state index contributed by atoms with van der Waals surface area (Å²) in [5.74, 6) is 3.63. The summed E-state index contributed by atoms with van der Waals surface area (Å²) in [4.78, 5) is 15.2. The lowest BCUT2D eigenvalue weighted by Gasteiger charge is -2.18. The van der Waals surface area contributed by atoms with Crippen LogP contribution in [0.2, 0.25) is 0 Å². The van der Waals surface area contributed by atoms with Crippen molar-refractivity contribution in [2.45, 2.75) is 30.9 Å². The number of aliphatic hydroxyl groups excluding tert-OH is 1. The van der Waals surface area contributed by atoms with Crippen LogP contribution in [0, 0.1) is 6.92 Å². The van der Waals surface area contributed by atoms with Crippen LogP contribution in [0.5, 0.6) is 0 Å². The van der Waals surface area contributed by atoms with E-state index in [1.54, 1.807) is 12.1 Å². The van der Waals surface area contributed by atoms with Gasteiger partial charge in [-0.2, -0.15) is 10.6 Å². The number of nitrogens with two attached hydrogens (primary N) is 1. The molecule has 0 aliphatic carbocycles. The summed E-state index contributed by atoms with van der Waals surface area (Å²) in [5, 5.41) is 9.38. The minimum absolute atomic E-state index is 0.0198. The van der Waals surface area contributed by atoms with Crippen molar-refractivity contribution >= 4 is 16.0 Å². The quantitative estimate of drug-likeness (QED) is 0.625. The molecule has 0 aromatic heterocycles. The average molecular weight is 288 g/mol. The molecule has 19 heavy (non-hydrogen) atoms. The van der Waals surface area contributed by atoms with Crippen LogP contribution in [0.3, 0.4) is 0 Å². The van der Waals surface area contributed by atoms with Crippen molar-refractivity contribution in [3.8, 4) is 0 Å². The van der Waals surface area contributed by atoms with Gasteiger partial charge in [-0.15, -0.1) is 0 Å². The van der Waals surface area contributed by atoms with Crippen LogP contribution in [-0.4, -0.2) is 31.6 Å². The summed E-state index contributed by atoms with van der Waals surface area (Å²) in [7, 11) is -3.94. The Morgan fingerprint density at radius 1 is 1.37 bits per heavy atom. The van der Waals surface area contributed by atoms with Gasteiger partial charge >= 0.3 is 5.97 Å². The van der Waals surface area contributed by atoms with E-state index < -0.39 is 28.1 Å². The molecule has 0 spiro atoms. The van der Waals surface area contributed by atoms with E-state index in [4.69, 9.17) is 5.90 Å². The first-order valence-corrected chi connectivity index (χ1v) is 6.94. The van der Waals surface area contributed by atoms with E-state index >= 15 is 0 Å². The van der Waals surface area contributed by atoms with E-state index in [1.807, 2.05) is 11.6 Å². The lowest BCUT2D eigenvalue weighted by molar-refractivity contribution is -0.148. The summed E-state index contributed by atoms with van der Waals surface area (Å²) in [6.45, 7) is 3.06. The van der Waals surface area contributed by atoms with Crippen LogP contribution in [0.25, 0.3) is 0 Å². The molecule has 1 rings (SSSR count). The Hall–Kier alpha value is -1.48. The second-order valence-electron chi connectivity index (χ2n) is 4.09. The van der Waals surface area contributed by atoms with Crippen LogP contribution in [0.15, 0.2) is 29.2 Å². The van der Waals surface area contributed by atoms with Crippen LogP contribution < -0.4 is 10.6 Å². The minimum Gasteiger partial charge on any atom is -0.391 e. The molecule has 0 aliphatic heterocycles. The highest BCUT2D eigenvalue weighted by molar-refractivity contribution is 7.89. The van der Waals surface area contributed by atoms with E-state index in [0.29, 0.717) is 0 Å². The predicted octanol–water partition coefficient (Wildman–Crippen LogP) is -0.560. The Bertz CT molecular complexity index is 539. The van der Waals surface area contributed by atoms with Gasteiger partial charge in [0.25, 0.3) is 0 Å². The highest BCUT2D eigenvalue weighted by Crippen LogP contribution is 2.11. The molecule has 0 radical (unpaired) electrons. The number of carbonyl (C=O) groups excluding carboxylic acids is 1. The first-order valence-electron chi connectivity index (χ1n) is 5.45. The molecule has 0 amide bonds. The Morgan fingerprint density at radius 2 is 1.89 bits per heavy atom. The van der Waals surface area contributed by atoms with E-state index in [-0.39, 0.29) is 4.90 Å². The number of nitrogens with one attached hydrogen (secondary N) is 1. The van der Waals surface area contributed by atoms with Crippen LogP contribution >= 0.6 is 0 Å². The van der Waals surface area contributed by atoms with Gasteiger partial charge in [0, 0.05) is 0 Å². The molecule has 0 fully saturated rings. The normalized spacial score (nSPS) is 14.7. The predicted molar refractivity (Wildman–Crippen MR) is 67.2 cm³/mol. The highest BCUT2D eigenvalue weighted by atomic mass is 32.2. The largest absolute Gasteiger partial charge is 0.391 e. The topological polar surface area (TPSA) is 119 Å². The Labute approximate surface area is 111 Å². The van der Waals surface area contributed by atoms with Gasteiger partial charge in [-0.3, -0.25) is 0 Å². The zero-order chi connectivity index (χ0) is 14.6. The van der Waals surface area contributed by atoms with Crippen molar-refractivity contribution in [1.82, 2.24) is 4.72 Å². The van der Waals surface area contributed by atoms with Gasteiger partial charge in [0.1, 0.15) is 6.04 Å². The maximum atomic E-state index is 12.0. The van der Waals surface area contributed by atoms with E-state index in [9.17, 15) is 18.3 Å². The van der Waals surface area contributed by atoms with Crippen molar-refractivity contribution in [1.29, 1.82) is 0 Å². The number of hydrogen-bond donors (Lipinski definition) is 3. The molecule has 1 aromatic carbocycles. The number of aryl methyl sites for hydroxylation is 1. The molecule has 0 heterocycles. The molecule has 7 nitrogen and oxygen atoms in total. The minimum atomic E-state index is -3.94. The molecule has 2 atom stereocenters. The molecule has 4 N–H and O–H groups in total. The van der Waals surface area contributed by atoms with Crippen molar-refractivity contribution in [2.24, 2.45) is 5.90 Å². The lowest BCUT2D eigenvalue weighted by Crippen LogP contribution is -2.49. The second kappa shape index (κ2) is 6.11. The fraction of sp³-hybridized carbons (Fsp3) is 0.364. The number of rotatable bonds is 5. The lowest BCUT2D eigenvalue weighted by atomic mass is 10.2. The van der Waals surface area contributed by atoms with E-state index in [0.717, 1.165) is 5.56 Å². The second-order valence-corrected chi connectivity index (χ2v) is 5.80. The van der Waals surface area contributed by atoms with Gasteiger partial charge in [0.05, 0.1) is 11.0 Å². The third-order valence-electron chi connectivity index (χ3n) is 2.47. The Morgan fingerprint density at radius 3 is 2.32 bits per heavy atom. The summed E-state index contributed by atoms with van der Waals surface area (Å²) < 4.78 is 26.1. The average Bonchev–Trinajstić information content (AvgIpc) is 2.35. The maximum Gasteiger partial charge on any atom is 0.345 e. The first kappa shape index (κ1) is 15.6. The smallest absolute Gasteiger partial charge is 0.345 e. The zero-order valence-corrected chi connectivity index (χ0v) is 11.3. The molecule has 0 saturated carbocycles. The van der Waals surface area contributed by atoms with Crippen molar-refractivity contribution < 1.29 is 23.2 Å². The molecule has 8 heteroatoms. The molecule has 106 valence electrons. The number of sulfonamides is 1. The van der Waals surface area contributed by atoms with Gasteiger partial charge < -0.3 is 9.94 Å². The molecule has 0 bridgehead atoms. The number of aliphatic hydroxyl groups is 1. The maximum absolute atomic E-state index is 12.0. The molecule has 1 aromatic rings. The standard InChI is InChI=1S/C11H16N2O5S/c1-7-3-5-9(6-4-7)19(16,17)13-10(8(2)14)11(15)18-12/h3-6,8,10,13-14H,12H2,1-2H3. The number of benzene rings is 1. The van der Waals surface area contributed by atoms with Gasteiger partial charge in [0.2, 0.25) is 10.0 Å². The van der Waals surface area contributed by atoms with E-state index in [1.165, 1.54) is 19.1 Å². The van der Waals surface area contributed by atoms with Gasteiger partial charge in [-0.1, -0.05) is 17.7 Å². The molecular weight excluding hydrogens is 272 g/mol. The SMILES string of the molecule is Cc1ccc(S(=O)(=O)NC(C(=O)ON)C(C)O)cc1. The summed E-state index contributed by atoms with van der Waals surface area (Å²) in [6, 6.07) is 4.56. The van der Waals surface area contributed by atoms with Gasteiger partial charge in [-0.05, 0) is 26.0 Å². The van der Waals surface area contributed by atoms with Crippen molar-refractivity contribution in [3.63, 3.8) is 0 Å². The molecule has 2 unspecified atom stereocenters. The van der Waals surface area contributed by atoms with Gasteiger partial charge in [-0.25, -0.2) is 13.2 Å². The van der Waals surface area contributed by atoms with Gasteiger partial charge in [0.15, 0.2) is 0 Å². The molecular formula is C11H16N2O5S. The summed E-state index contributed by atoms with van der Waals surface area (Å²) in [6.07, 6.45) is -1.28. The van der Waals surface area contributed by atoms with Crippen molar-refractivity contribution in [3.05, 3.63) is 29.8 Å². The zero-order valence-electron chi connectivity index (χ0n) is 10.5. The Kier molecular flexibility index (Phi) is 5.01. The third kappa shape index (κ3) is 4.00. The van der Waals surface area contributed by atoms with Crippen LogP contribution in [-0.2, 0) is 19.7 Å². The monoisotopic (exact) mass is 288 g/mol. The molecule has 0 aliphatic rings. The third-order valence-corrected chi connectivity index (χ3v) is 3.92. The molecule has 0 saturated heterocycles.